The lowest BCUT2D eigenvalue weighted by atomic mass is 9.84. The average molecular weight is 353 g/mol. The Hall–Kier alpha value is -1.44. The molecule has 4 rings (SSSR count). The van der Waals surface area contributed by atoms with E-state index < -0.39 is 0 Å². The van der Waals surface area contributed by atoms with E-state index in [-0.39, 0.29) is 0 Å². The normalized spacial score (nSPS) is 26.0. The molecule has 142 valence electrons. The van der Waals surface area contributed by atoms with Crippen LogP contribution in [0.4, 0.5) is 5.69 Å². The molecule has 1 atom stereocenters. The molecule has 1 aromatic rings. The number of rotatable bonds is 3. The summed E-state index contributed by atoms with van der Waals surface area (Å²) < 4.78 is 0. The van der Waals surface area contributed by atoms with E-state index in [0.717, 1.165) is 11.8 Å². The lowest BCUT2D eigenvalue weighted by Crippen LogP contribution is -2.45. The number of nitrogens with zero attached hydrogens (tertiary/aromatic N) is 2. The van der Waals surface area contributed by atoms with Crippen LogP contribution in [-0.2, 0) is 0 Å². The van der Waals surface area contributed by atoms with Crippen LogP contribution in [0.15, 0.2) is 35.7 Å². The first kappa shape index (κ1) is 17.9. The molecule has 1 aromatic carbocycles. The molecule has 2 fully saturated rings. The molecule has 1 heterocycles. The molecule has 0 bridgehead atoms. The molecule has 1 unspecified atom stereocenters. The van der Waals surface area contributed by atoms with E-state index in [0.29, 0.717) is 6.17 Å². The molecule has 2 nitrogen and oxygen atoms in total. The lowest BCUT2D eigenvalue weighted by molar-refractivity contribution is 0.177. The van der Waals surface area contributed by atoms with Gasteiger partial charge in [-0.3, -0.25) is 0 Å². The van der Waals surface area contributed by atoms with Gasteiger partial charge in [-0.25, -0.2) is 0 Å². The third-order valence-electron chi connectivity index (χ3n) is 7.21. The highest BCUT2D eigenvalue weighted by molar-refractivity contribution is 5.61. The first-order valence-electron chi connectivity index (χ1n) is 11.0. The monoisotopic (exact) mass is 352 g/mol. The summed E-state index contributed by atoms with van der Waals surface area (Å²) in [6, 6.07) is 9.01. The summed E-state index contributed by atoms with van der Waals surface area (Å²) >= 11 is 0. The molecule has 0 radical (unpaired) electrons. The predicted molar refractivity (Wildman–Crippen MR) is 111 cm³/mol. The fourth-order valence-electron chi connectivity index (χ4n) is 5.97. The van der Waals surface area contributed by atoms with Crippen LogP contribution in [0.25, 0.3) is 0 Å². The van der Waals surface area contributed by atoms with E-state index in [4.69, 9.17) is 0 Å². The Labute approximate surface area is 160 Å². The second kappa shape index (κ2) is 7.66. The Morgan fingerprint density at radius 2 is 1.42 bits per heavy atom. The Morgan fingerprint density at radius 1 is 0.808 bits per heavy atom. The quantitative estimate of drug-likeness (QED) is 0.615. The SMILES string of the molecule is CC1=C(C2CCCCC2)N(C)C(C2CCCCC2)N1c1ccccc1C. The molecule has 0 N–H and O–H groups in total. The van der Waals surface area contributed by atoms with Gasteiger partial charge in [-0.2, -0.15) is 0 Å². The maximum absolute atomic E-state index is 2.72. The van der Waals surface area contributed by atoms with Gasteiger partial charge in [0, 0.05) is 30.0 Å². The molecule has 2 saturated carbocycles. The Morgan fingerprint density at radius 3 is 2.08 bits per heavy atom. The molecule has 2 aliphatic carbocycles. The van der Waals surface area contributed by atoms with E-state index in [1.807, 2.05) is 0 Å². The van der Waals surface area contributed by atoms with Gasteiger partial charge in [0.05, 0.1) is 0 Å². The van der Waals surface area contributed by atoms with Crippen molar-refractivity contribution in [3.05, 3.63) is 41.2 Å². The summed E-state index contributed by atoms with van der Waals surface area (Å²) in [7, 11) is 2.39. The summed E-state index contributed by atoms with van der Waals surface area (Å²) in [5, 5.41) is 0. The Bertz CT molecular complexity index is 650. The van der Waals surface area contributed by atoms with Gasteiger partial charge in [0.25, 0.3) is 0 Å². The van der Waals surface area contributed by atoms with Gasteiger partial charge in [0.15, 0.2) is 0 Å². The number of benzene rings is 1. The lowest BCUT2D eigenvalue weighted by Gasteiger charge is -2.41. The van der Waals surface area contributed by atoms with Gasteiger partial charge >= 0.3 is 0 Å². The zero-order valence-electron chi connectivity index (χ0n) is 17.0. The summed E-state index contributed by atoms with van der Waals surface area (Å²) in [4.78, 5) is 5.42. The standard InChI is InChI=1S/C24H36N2/c1-18-12-10-11-17-22(18)26-19(2)23(20-13-6-4-7-14-20)25(3)24(26)21-15-8-5-9-16-21/h10-12,17,20-21,24H,4-9,13-16H2,1-3H3. The minimum Gasteiger partial charge on any atom is -0.355 e. The van der Waals surface area contributed by atoms with Crippen molar-refractivity contribution in [2.75, 3.05) is 11.9 Å². The molecular weight excluding hydrogens is 316 g/mol. The van der Waals surface area contributed by atoms with Crippen LogP contribution < -0.4 is 4.90 Å². The van der Waals surface area contributed by atoms with Crippen molar-refractivity contribution in [1.29, 1.82) is 0 Å². The molecule has 1 aliphatic heterocycles. The summed E-state index contributed by atoms with van der Waals surface area (Å²) in [6.45, 7) is 4.68. The molecule has 0 aromatic heterocycles. The molecule has 0 saturated heterocycles. The smallest absolute Gasteiger partial charge is 0.108 e. The number of aryl methyl sites for hydroxylation is 1. The third-order valence-corrected chi connectivity index (χ3v) is 7.21. The first-order valence-corrected chi connectivity index (χ1v) is 11.0. The highest BCUT2D eigenvalue weighted by Crippen LogP contribution is 2.46. The Balaban J connectivity index is 1.74. The van der Waals surface area contributed by atoms with Gasteiger partial charge in [-0.15, -0.1) is 0 Å². The minimum absolute atomic E-state index is 0.522. The van der Waals surface area contributed by atoms with Crippen molar-refractivity contribution in [2.45, 2.75) is 84.2 Å². The van der Waals surface area contributed by atoms with Crippen molar-refractivity contribution >= 4 is 5.69 Å². The first-order chi connectivity index (χ1) is 12.7. The fourth-order valence-corrected chi connectivity index (χ4v) is 5.97. The van der Waals surface area contributed by atoms with Crippen LogP contribution >= 0.6 is 0 Å². The third kappa shape index (κ3) is 3.17. The maximum atomic E-state index is 2.72. The molecule has 3 aliphatic rings. The van der Waals surface area contributed by atoms with Crippen LogP contribution in [-0.4, -0.2) is 18.1 Å². The van der Waals surface area contributed by atoms with Crippen LogP contribution in [0.5, 0.6) is 0 Å². The molecule has 0 spiro atoms. The van der Waals surface area contributed by atoms with E-state index in [1.165, 1.54) is 81.2 Å². The average Bonchev–Trinajstić information content (AvgIpc) is 2.94. The summed E-state index contributed by atoms with van der Waals surface area (Å²) in [6.07, 6.45) is 14.6. The molecular formula is C24H36N2. The second-order valence-corrected chi connectivity index (χ2v) is 8.88. The van der Waals surface area contributed by atoms with Gasteiger partial charge in [0.1, 0.15) is 6.17 Å². The largest absolute Gasteiger partial charge is 0.355 e. The van der Waals surface area contributed by atoms with Crippen LogP contribution in [0.3, 0.4) is 0 Å². The van der Waals surface area contributed by atoms with Crippen molar-refractivity contribution in [1.82, 2.24) is 4.90 Å². The van der Waals surface area contributed by atoms with Crippen LogP contribution in [0.1, 0.15) is 76.7 Å². The maximum Gasteiger partial charge on any atom is 0.108 e. The zero-order valence-corrected chi connectivity index (χ0v) is 17.0. The van der Waals surface area contributed by atoms with E-state index in [2.05, 4.69) is 55.0 Å². The van der Waals surface area contributed by atoms with Crippen molar-refractivity contribution < 1.29 is 0 Å². The number of para-hydroxylation sites is 1. The molecule has 26 heavy (non-hydrogen) atoms. The van der Waals surface area contributed by atoms with E-state index in [1.54, 1.807) is 5.70 Å². The van der Waals surface area contributed by atoms with Gasteiger partial charge in [-0.1, -0.05) is 56.7 Å². The van der Waals surface area contributed by atoms with Gasteiger partial charge in [-0.05, 0) is 57.1 Å². The number of hydrogen-bond donors (Lipinski definition) is 0. The predicted octanol–water partition coefficient (Wildman–Crippen LogP) is 6.47. The van der Waals surface area contributed by atoms with Crippen molar-refractivity contribution in [3.63, 3.8) is 0 Å². The Kier molecular flexibility index (Phi) is 5.29. The van der Waals surface area contributed by atoms with E-state index in [9.17, 15) is 0 Å². The highest BCUT2D eigenvalue weighted by Gasteiger charge is 2.42. The number of anilines is 1. The topological polar surface area (TPSA) is 6.48 Å². The highest BCUT2D eigenvalue weighted by atomic mass is 15.4. The number of allylic oxidation sites excluding steroid dienone is 2. The molecule has 2 heteroatoms. The second-order valence-electron chi connectivity index (χ2n) is 8.88. The minimum atomic E-state index is 0.522. The summed E-state index contributed by atoms with van der Waals surface area (Å²) in [5.41, 5.74) is 6.02. The van der Waals surface area contributed by atoms with Crippen LogP contribution in [0, 0.1) is 18.8 Å². The van der Waals surface area contributed by atoms with Crippen molar-refractivity contribution in [2.24, 2.45) is 11.8 Å². The molecule has 0 amide bonds. The van der Waals surface area contributed by atoms with Crippen molar-refractivity contribution in [3.8, 4) is 0 Å². The fraction of sp³-hybridized carbons (Fsp3) is 0.667. The van der Waals surface area contributed by atoms with Crippen LogP contribution in [0.2, 0.25) is 0 Å². The number of hydrogen-bond acceptors (Lipinski definition) is 2. The van der Waals surface area contributed by atoms with Gasteiger partial charge < -0.3 is 9.80 Å². The summed E-state index contributed by atoms with van der Waals surface area (Å²) in [5.74, 6) is 1.57. The zero-order chi connectivity index (χ0) is 18.1. The van der Waals surface area contributed by atoms with Gasteiger partial charge in [0.2, 0.25) is 0 Å². The van der Waals surface area contributed by atoms with E-state index >= 15 is 0 Å².